The van der Waals surface area contributed by atoms with Crippen LogP contribution in [-0.4, -0.2) is 21.1 Å². The number of phenols is 1. The van der Waals surface area contributed by atoms with Crippen LogP contribution < -0.4 is 10.6 Å². The number of fused-ring (bicyclic) bond motifs is 1. The number of amides is 1. The highest BCUT2D eigenvalue weighted by Crippen LogP contribution is 2.33. The number of hydrogen-bond acceptors (Lipinski definition) is 5. The number of unbranched alkanes of at least 4 members (excludes halogenated alkanes) is 2. The first-order valence-corrected chi connectivity index (χ1v) is 9.68. The van der Waals surface area contributed by atoms with Crippen LogP contribution in [-0.2, 0) is 4.79 Å². The third kappa shape index (κ3) is 4.86. The molecule has 0 saturated heterocycles. The lowest BCUT2D eigenvalue weighted by atomic mass is 10.1. The number of hydrogen-bond donors (Lipinski definition) is 3. The van der Waals surface area contributed by atoms with Crippen LogP contribution >= 0.6 is 12.2 Å². The van der Waals surface area contributed by atoms with E-state index in [0.717, 1.165) is 24.8 Å². The Morgan fingerprint density at radius 3 is 2.82 bits per heavy atom. The van der Waals surface area contributed by atoms with Gasteiger partial charge in [-0.3, -0.25) is 4.79 Å². The second kappa shape index (κ2) is 8.84. The number of aryl methyl sites for hydroxylation is 1. The second-order valence-electron chi connectivity index (χ2n) is 6.68. The SMILES string of the molecule is CCCCCC(=O)NC(=S)Nc1ccc(O)c(-c2nc3ccc(C)cc3o2)c1. The van der Waals surface area contributed by atoms with E-state index < -0.39 is 0 Å². The van der Waals surface area contributed by atoms with Gasteiger partial charge in [-0.05, 0) is 61.5 Å². The van der Waals surface area contributed by atoms with Crippen molar-refractivity contribution < 1.29 is 14.3 Å². The van der Waals surface area contributed by atoms with E-state index in [-0.39, 0.29) is 16.8 Å². The monoisotopic (exact) mass is 397 g/mol. The molecular formula is C21H23N3O3S. The number of oxazole rings is 1. The summed E-state index contributed by atoms with van der Waals surface area (Å²) in [5.74, 6) is 0.249. The van der Waals surface area contributed by atoms with Gasteiger partial charge in [0.2, 0.25) is 11.8 Å². The Labute approximate surface area is 169 Å². The third-order valence-electron chi connectivity index (χ3n) is 4.29. The maximum Gasteiger partial charge on any atom is 0.231 e. The maximum atomic E-state index is 11.9. The van der Waals surface area contributed by atoms with Gasteiger partial charge in [-0.15, -0.1) is 0 Å². The zero-order valence-corrected chi connectivity index (χ0v) is 16.7. The van der Waals surface area contributed by atoms with Crippen LogP contribution in [0.15, 0.2) is 40.8 Å². The number of thiocarbonyl (C=S) groups is 1. The minimum absolute atomic E-state index is 0.0448. The highest BCUT2D eigenvalue weighted by Gasteiger charge is 2.14. The van der Waals surface area contributed by atoms with Crippen LogP contribution in [0.4, 0.5) is 5.69 Å². The molecule has 3 aromatic rings. The Morgan fingerprint density at radius 2 is 2.04 bits per heavy atom. The van der Waals surface area contributed by atoms with Crippen molar-refractivity contribution in [3.8, 4) is 17.2 Å². The molecule has 0 radical (unpaired) electrons. The number of nitrogens with one attached hydrogen (secondary N) is 2. The van der Waals surface area contributed by atoms with Gasteiger partial charge in [0.05, 0.1) is 5.56 Å². The van der Waals surface area contributed by atoms with E-state index in [4.69, 9.17) is 16.6 Å². The van der Waals surface area contributed by atoms with Crippen LogP contribution in [0.5, 0.6) is 5.75 Å². The standard InChI is InChI=1S/C21H23N3O3S/c1-3-4-5-6-19(26)24-21(28)22-14-8-10-17(25)15(12-14)20-23-16-9-7-13(2)11-18(16)27-20/h7-12,25H,3-6H2,1-2H3,(H2,22,24,26,28). The molecule has 0 atom stereocenters. The zero-order chi connectivity index (χ0) is 20.1. The molecule has 0 unspecified atom stereocenters. The molecule has 146 valence electrons. The number of nitrogens with zero attached hydrogens (tertiary/aromatic N) is 1. The Balaban J connectivity index is 1.73. The largest absolute Gasteiger partial charge is 0.507 e. The van der Waals surface area contributed by atoms with Gasteiger partial charge in [0.1, 0.15) is 11.3 Å². The summed E-state index contributed by atoms with van der Waals surface area (Å²) in [6.45, 7) is 4.06. The van der Waals surface area contributed by atoms with Crippen molar-refractivity contribution in [3.05, 3.63) is 42.0 Å². The van der Waals surface area contributed by atoms with Gasteiger partial charge in [-0.2, -0.15) is 0 Å². The highest BCUT2D eigenvalue weighted by molar-refractivity contribution is 7.80. The molecule has 1 amide bonds. The molecule has 0 saturated carbocycles. The summed E-state index contributed by atoms with van der Waals surface area (Å²) in [5, 5.41) is 16.1. The van der Waals surface area contributed by atoms with E-state index in [0.29, 0.717) is 34.7 Å². The lowest BCUT2D eigenvalue weighted by Gasteiger charge is -2.11. The fraction of sp³-hybridized carbons (Fsp3) is 0.286. The van der Waals surface area contributed by atoms with Gasteiger partial charge in [0.15, 0.2) is 10.7 Å². The molecule has 0 aliphatic rings. The molecular weight excluding hydrogens is 374 g/mol. The lowest BCUT2D eigenvalue weighted by molar-refractivity contribution is -0.119. The van der Waals surface area contributed by atoms with Crippen LogP contribution in [0.25, 0.3) is 22.6 Å². The van der Waals surface area contributed by atoms with Gasteiger partial charge < -0.3 is 20.2 Å². The Morgan fingerprint density at radius 1 is 1.21 bits per heavy atom. The first kappa shape index (κ1) is 19.8. The normalized spacial score (nSPS) is 10.8. The summed E-state index contributed by atoms with van der Waals surface area (Å²) < 4.78 is 5.79. The predicted molar refractivity (Wildman–Crippen MR) is 114 cm³/mol. The van der Waals surface area contributed by atoms with Crippen LogP contribution in [0.2, 0.25) is 0 Å². The Kier molecular flexibility index (Phi) is 6.26. The Hall–Kier alpha value is -2.93. The molecule has 2 aromatic carbocycles. The molecule has 1 heterocycles. The average molecular weight is 398 g/mol. The van der Waals surface area contributed by atoms with Gasteiger partial charge in [0.25, 0.3) is 0 Å². The van der Waals surface area contributed by atoms with Gasteiger partial charge in [-0.1, -0.05) is 25.8 Å². The first-order valence-electron chi connectivity index (χ1n) is 9.27. The molecule has 6 nitrogen and oxygen atoms in total. The number of carbonyl (C=O) groups is 1. The zero-order valence-electron chi connectivity index (χ0n) is 15.9. The molecule has 0 fully saturated rings. The lowest BCUT2D eigenvalue weighted by Crippen LogP contribution is -2.33. The van der Waals surface area contributed by atoms with Crippen LogP contribution in [0, 0.1) is 6.92 Å². The van der Waals surface area contributed by atoms with Crippen molar-refractivity contribution in [2.45, 2.75) is 39.5 Å². The molecule has 0 aliphatic heterocycles. The summed E-state index contributed by atoms with van der Waals surface area (Å²) in [6.07, 6.45) is 3.35. The van der Waals surface area contributed by atoms with Crippen molar-refractivity contribution in [2.75, 3.05) is 5.32 Å². The maximum absolute atomic E-state index is 11.9. The summed E-state index contributed by atoms with van der Waals surface area (Å²) in [7, 11) is 0. The molecule has 3 N–H and O–H groups in total. The summed E-state index contributed by atoms with van der Waals surface area (Å²) in [4.78, 5) is 16.3. The molecule has 0 spiro atoms. The van der Waals surface area contributed by atoms with Gasteiger partial charge in [-0.25, -0.2) is 4.98 Å². The van der Waals surface area contributed by atoms with E-state index in [9.17, 15) is 9.90 Å². The second-order valence-corrected chi connectivity index (χ2v) is 7.09. The number of phenolic OH excluding ortho intramolecular Hbond substituents is 1. The van der Waals surface area contributed by atoms with Gasteiger partial charge >= 0.3 is 0 Å². The van der Waals surface area contributed by atoms with Crippen molar-refractivity contribution in [2.24, 2.45) is 0 Å². The molecule has 0 aliphatic carbocycles. The highest BCUT2D eigenvalue weighted by atomic mass is 32.1. The summed E-state index contributed by atoms with van der Waals surface area (Å²) in [6, 6.07) is 10.6. The first-order chi connectivity index (χ1) is 13.5. The van der Waals surface area contributed by atoms with Crippen molar-refractivity contribution >= 4 is 40.0 Å². The van der Waals surface area contributed by atoms with Crippen LogP contribution in [0.1, 0.15) is 38.2 Å². The topological polar surface area (TPSA) is 87.4 Å². The smallest absolute Gasteiger partial charge is 0.231 e. The number of anilines is 1. The fourth-order valence-corrected chi connectivity index (χ4v) is 3.05. The molecule has 7 heteroatoms. The average Bonchev–Trinajstić information content (AvgIpc) is 3.06. The molecule has 1 aromatic heterocycles. The van der Waals surface area contributed by atoms with Crippen molar-refractivity contribution in [3.63, 3.8) is 0 Å². The van der Waals surface area contributed by atoms with E-state index in [1.807, 2.05) is 25.1 Å². The third-order valence-corrected chi connectivity index (χ3v) is 4.49. The quantitative estimate of drug-likeness (QED) is 0.311. The van der Waals surface area contributed by atoms with Crippen LogP contribution in [0.3, 0.4) is 0 Å². The van der Waals surface area contributed by atoms with Crippen molar-refractivity contribution in [1.82, 2.24) is 10.3 Å². The van der Waals surface area contributed by atoms with Crippen molar-refractivity contribution in [1.29, 1.82) is 0 Å². The number of benzene rings is 2. The predicted octanol–water partition coefficient (Wildman–Crippen LogP) is 4.90. The molecule has 3 rings (SSSR count). The summed E-state index contributed by atoms with van der Waals surface area (Å²) in [5.41, 5.74) is 3.49. The Bertz CT molecular complexity index is 1010. The number of aromatic hydroxyl groups is 1. The number of rotatable bonds is 6. The molecule has 0 bridgehead atoms. The summed E-state index contributed by atoms with van der Waals surface area (Å²) >= 11 is 5.21. The molecule has 28 heavy (non-hydrogen) atoms. The van der Waals surface area contributed by atoms with E-state index in [1.165, 1.54) is 6.07 Å². The van der Waals surface area contributed by atoms with Gasteiger partial charge in [0, 0.05) is 12.1 Å². The number of aromatic nitrogens is 1. The van der Waals surface area contributed by atoms with E-state index >= 15 is 0 Å². The fourth-order valence-electron chi connectivity index (χ4n) is 2.82. The minimum Gasteiger partial charge on any atom is -0.507 e. The van der Waals surface area contributed by atoms with E-state index in [1.54, 1.807) is 12.1 Å². The number of carbonyl (C=O) groups excluding carboxylic acids is 1. The van der Waals surface area contributed by atoms with E-state index in [2.05, 4.69) is 22.5 Å². The minimum atomic E-state index is -0.112.